The van der Waals surface area contributed by atoms with Gasteiger partial charge in [-0.1, -0.05) is 29.8 Å². The minimum Gasteiger partial charge on any atom is -0.344 e. The number of anilines is 1. The third-order valence-corrected chi connectivity index (χ3v) is 4.36. The number of benzene rings is 2. The summed E-state index contributed by atoms with van der Waals surface area (Å²) in [7, 11) is 0. The number of nitrogens with one attached hydrogen (secondary N) is 1. The molecule has 0 saturated carbocycles. The Hall–Kier alpha value is -2.40. The highest BCUT2D eigenvalue weighted by molar-refractivity contribution is 6.31. The quantitative estimate of drug-likeness (QED) is 0.925. The summed E-state index contributed by atoms with van der Waals surface area (Å²) < 4.78 is 13.0. The van der Waals surface area contributed by atoms with E-state index in [1.54, 1.807) is 35.2 Å². The molecule has 1 saturated heterocycles. The molecule has 1 aliphatic heterocycles. The molecule has 0 radical (unpaired) electrons. The van der Waals surface area contributed by atoms with Crippen molar-refractivity contribution in [2.75, 3.05) is 11.4 Å². The van der Waals surface area contributed by atoms with Crippen LogP contribution in [0.5, 0.6) is 0 Å². The van der Waals surface area contributed by atoms with Crippen molar-refractivity contribution in [3.05, 3.63) is 64.9 Å². The predicted octanol–water partition coefficient (Wildman–Crippen LogP) is 2.94. The standard InChI is InChI=1S/C18H16ClFN2O2/c19-15-4-2-1-3-12(15)11-17(23)21-16-9-10-22(18(16)24)14-7-5-13(20)6-8-14/h1-8,16H,9-11H2,(H,21,23)/t16-/m1/s1. The third kappa shape index (κ3) is 3.57. The van der Waals surface area contributed by atoms with Crippen molar-refractivity contribution < 1.29 is 14.0 Å². The Morgan fingerprint density at radius 1 is 1.21 bits per heavy atom. The maximum atomic E-state index is 13.0. The number of carbonyl (C=O) groups is 2. The van der Waals surface area contributed by atoms with Gasteiger partial charge in [-0.3, -0.25) is 9.59 Å². The lowest BCUT2D eigenvalue weighted by atomic mass is 10.1. The Kier molecular flexibility index (Phi) is 4.81. The van der Waals surface area contributed by atoms with Crippen LogP contribution in [0.2, 0.25) is 5.02 Å². The molecule has 1 heterocycles. The van der Waals surface area contributed by atoms with E-state index in [9.17, 15) is 14.0 Å². The summed E-state index contributed by atoms with van der Waals surface area (Å²) in [5.41, 5.74) is 1.35. The van der Waals surface area contributed by atoms with Gasteiger partial charge in [-0.25, -0.2) is 4.39 Å². The number of hydrogen-bond acceptors (Lipinski definition) is 2. The first-order valence-corrected chi connectivity index (χ1v) is 8.02. The second-order valence-electron chi connectivity index (χ2n) is 5.64. The molecule has 1 N–H and O–H groups in total. The smallest absolute Gasteiger partial charge is 0.249 e. The van der Waals surface area contributed by atoms with Crippen LogP contribution in [0, 0.1) is 5.82 Å². The second-order valence-corrected chi connectivity index (χ2v) is 6.05. The van der Waals surface area contributed by atoms with Crippen LogP contribution in [0.3, 0.4) is 0 Å². The van der Waals surface area contributed by atoms with E-state index in [-0.39, 0.29) is 24.1 Å². The van der Waals surface area contributed by atoms with E-state index >= 15 is 0 Å². The first-order chi connectivity index (χ1) is 11.5. The van der Waals surface area contributed by atoms with Gasteiger partial charge in [-0.05, 0) is 42.3 Å². The molecular formula is C18H16ClFN2O2. The van der Waals surface area contributed by atoms with Crippen molar-refractivity contribution in [2.45, 2.75) is 18.9 Å². The monoisotopic (exact) mass is 346 g/mol. The van der Waals surface area contributed by atoms with Crippen LogP contribution >= 0.6 is 11.6 Å². The lowest BCUT2D eigenvalue weighted by Gasteiger charge is -2.17. The maximum absolute atomic E-state index is 13.0. The summed E-state index contributed by atoms with van der Waals surface area (Å²) in [5.74, 6) is -0.786. The molecule has 3 rings (SSSR count). The summed E-state index contributed by atoms with van der Waals surface area (Å²) in [6.45, 7) is 0.488. The first kappa shape index (κ1) is 16.5. The van der Waals surface area contributed by atoms with Crippen molar-refractivity contribution in [3.8, 4) is 0 Å². The van der Waals surface area contributed by atoms with Crippen molar-refractivity contribution in [3.63, 3.8) is 0 Å². The van der Waals surface area contributed by atoms with Crippen LogP contribution in [-0.2, 0) is 16.0 Å². The topological polar surface area (TPSA) is 49.4 Å². The highest BCUT2D eigenvalue weighted by Gasteiger charge is 2.33. The second kappa shape index (κ2) is 7.01. The minimum absolute atomic E-state index is 0.125. The molecule has 1 atom stereocenters. The molecule has 124 valence electrons. The van der Waals surface area contributed by atoms with E-state index < -0.39 is 6.04 Å². The molecule has 0 aromatic heterocycles. The van der Waals surface area contributed by atoms with Crippen LogP contribution in [0.25, 0.3) is 0 Å². The van der Waals surface area contributed by atoms with Crippen LogP contribution in [-0.4, -0.2) is 24.4 Å². The van der Waals surface area contributed by atoms with Gasteiger partial charge in [0, 0.05) is 17.3 Å². The van der Waals surface area contributed by atoms with E-state index in [2.05, 4.69) is 5.32 Å². The fourth-order valence-electron chi connectivity index (χ4n) is 2.75. The van der Waals surface area contributed by atoms with Crippen molar-refractivity contribution >= 4 is 29.1 Å². The number of halogens is 2. The molecule has 1 aliphatic rings. The molecule has 2 aromatic rings. The first-order valence-electron chi connectivity index (χ1n) is 7.64. The van der Waals surface area contributed by atoms with Crippen molar-refractivity contribution in [1.82, 2.24) is 5.32 Å². The Labute approximate surface area is 144 Å². The summed E-state index contributed by atoms with van der Waals surface area (Å²) in [5, 5.41) is 3.28. The minimum atomic E-state index is -0.565. The fourth-order valence-corrected chi connectivity index (χ4v) is 2.95. The normalized spacial score (nSPS) is 17.2. The van der Waals surface area contributed by atoms with Gasteiger partial charge in [-0.15, -0.1) is 0 Å². The number of amides is 2. The number of carbonyl (C=O) groups excluding carboxylic acids is 2. The average molecular weight is 347 g/mol. The fraction of sp³-hybridized carbons (Fsp3) is 0.222. The third-order valence-electron chi connectivity index (χ3n) is 3.99. The molecule has 0 aliphatic carbocycles. The van der Waals surface area contributed by atoms with Gasteiger partial charge >= 0.3 is 0 Å². The molecule has 2 amide bonds. The van der Waals surface area contributed by atoms with Gasteiger partial charge < -0.3 is 10.2 Å². The molecule has 24 heavy (non-hydrogen) atoms. The highest BCUT2D eigenvalue weighted by atomic mass is 35.5. The lowest BCUT2D eigenvalue weighted by molar-refractivity contribution is -0.126. The van der Waals surface area contributed by atoms with Gasteiger partial charge in [0.2, 0.25) is 11.8 Å². The Morgan fingerprint density at radius 3 is 2.62 bits per heavy atom. The highest BCUT2D eigenvalue weighted by Crippen LogP contribution is 2.22. The lowest BCUT2D eigenvalue weighted by Crippen LogP contribution is -2.42. The SMILES string of the molecule is O=C(Cc1ccccc1Cl)N[C@@H]1CCN(c2ccc(F)cc2)C1=O. The summed E-state index contributed by atoms with van der Waals surface area (Å²) in [6.07, 6.45) is 0.643. The number of hydrogen-bond donors (Lipinski definition) is 1. The Bertz CT molecular complexity index is 764. The van der Waals surface area contributed by atoms with Crippen molar-refractivity contribution in [2.24, 2.45) is 0 Å². The zero-order valence-electron chi connectivity index (χ0n) is 12.8. The van der Waals surface area contributed by atoms with E-state index in [1.165, 1.54) is 12.1 Å². The molecule has 0 unspecified atom stereocenters. The van der Waals surface area contributed by atoms with Gasteiger partial charge in [0.05, 0.1) is 6.42 Å². The molecule has 1 fully saturated rings. The molecular weight excluding hydrogens is 331 g/mol. The Balaban J connectivity index is 1.62. The summed E-state index contributed by atoms with van der Waals surface area (Å²) >= 11 is 6.04. The average Bonchev–Trinajstić information content (AvgIpc) is 2.91. The van der Waals surface area contributed by atoms with E-state index in [1.807, 2.05) is 6.07 Å². The van der Waals surface area contributed by atoms with Gasteiger partial charge in [0.15, 0.2) is 0 Å². The summed E-state index contributed by atoms with van der Waals surface area (Å²) in [4.78, 5) is 26.2. The molecule has 4 nitrogen and oxygen atoms in total. The van der Waals surface area contributed by atoms with Crippen LogP contribution < -0.4 is 10.2 Å². The van der Waals surface area contributed by atoms with Gasteiger partial charge in [0.1, 0.15) is 11.9 Å². The van der Waals surface area contributed by atoms with Crippen LogP contribution in [0.4, 0.5) is 10.1 Å². The van der Waals surface area contributed by atoms with E-state index in [0.29, 0.717) is 23.7 Å². The molecule has 2 aromatic carbocycles. The van der Waals surface area contributed by atoms with E-state index in [4.69, 9.17) is 11.6 Å². The molecule has 0 spiro atoms. The zero-order chi connectivity index (χ0) is 17.1. The predicted molar refractivity (Wildman–Crippen MR) is 90.5 cm³/mol. The Morgan fingerprint density at radius 2 is 1.92 bits per heavy atom. The number of nitrogens with zero attached hydrogens (tertiary/aromatic N) is 1. The van der Waals surface area contributed by atoms with Gasteiger partial charge in [-0.2, -0.15) is 0 Å². The largest absolute Gasteiger partial charge is 0.344 e. The molecule has 6 heteroatoms. The van der Waals surface area contributed by atoms with Crippen molar-refractivity contribution in [1.29, 1.82) is 0 Å². The maximum Gasteiger partial charge on any atom is 0.249 e. The van der Waals surface area contributed by atoms with E-state index in [0.717, 1.165) is 5.56 Å². The van der Waals surface area contributed by atoms with Crippen LogP contribution in [0.15, 0.2) is 48.5 Å². The zero-order valence-corrected chi connectivity index (χ0v) is 13.6. The number of rotatable bonds is 4. The molecule has 0 bridgehead atoms. The summed E-state index contributed by atoms with van der Waals surface area (Å²) in [6, 6.07) is 12.3. The van der Waals surface area contributed by atoms with Crippen LogP contribution in [0.1, 0.15) is 12.0 Å². The van der Waals surface area contributed by atoms with Gasteiger partial charge in [0.25, 0.3) is 0 Å².